The van der Waals surface area contributed by atoms with E-state index in [-0.39, 0.29) is 11.3 Å². The number of fused-ring (bicyclic) bond motifs is 3. The molecule has 7 fully saturated rings. The predicted molar refractivity (Wildman–Crippen MR) is 83.1 cm³/mol. The topological polar surface area (TPSA) is 46.2 Å². The fourth-order valence-electron chi connectivity index (χ4n) is 7.04. The summed E-state index contributed by atoms with van der Waals surface area (Å²) in [7, 11) is 0. The summed E-state index contributed by atoms with van der Waals surface area (Å²) in [6.45, 7) is 0. The molecule has 6 bridgehead atoms. The zero-order chi connectivity index (χ0) is 14.9. The molecular weight excluding hydrogens is 274 g/mol. The molecule has 0 atom stereocenters. The molecule has 0 aromatic heterocycles. The second-order valence-electron chi connectivity index (χ2n) is 9.30. The maximum atomic E-state index is 13.2. The molecule has 0 radical (unpaired) electrons. The van der Waals surface area contributed by atoms with Gasteiger partial charge in [-0.05, 0) is 87.9 Å². The first kappa shape index (κ1) is 13.6. The molecule has 1 N–H and O–H groups in total. The van der Waals surface area contributed by atoms with Crippen LogP contribution < -0.4 is 5.32 Å². The van der Waals surface area contributed by atoms with Crippen molar-refractivity contribution in [2.24, 2.45) is 29.1 Å². The van der Waals surface area contributed by atoms with Crippen LogP contribution in [0.15, 0.2) is 0 Å². The first-order valence-electron chi connectivity index (χ1n) is 9.43. The molecule has 0 aromatic carbocycles. The molecule has 7 aliphatic rings. The Kier molecular flexibility index (Phi) is 2.69. The van der Waals surface area contributed by atoms with Gasteiger partial charge in [-0.2, -0.15) is 0 Å². The standard InChI is InChI=1S/C19H27NO2/c21-16-8-12-1-3-19(16,4-2-12)20-17(22)18-9-13-5-14(10-18)7-15(6-13)11-18/h12-15H,1-11H2,(H,20,22). The largest absolute Gasteiger partial charge is 0.343 e. The van der Waals surface area contributed by atoms with Crippen LogP contribution in [0.5, 0.6) is 0 Å². The highest BCUT2D eigenvalue weighted by atomic mass is 16.2. The summed E-state index contributed by atoms with van der Waals surface area (Å²) in [5.74, 6) is 3.53. The van der Waals surface area contributed by atoms with Gasteiger partial charge < -0.3 is 5.32 Å². The van der Waals surface area contributed by atoms with Crippen LogP contribution >= 0.6 is 0 Å². The highest BCUT2D eigenvalue weighted by molar-refractivity contribution is 5.96. The fourth-order valence-corrected chi connectivity index (χ4v) is 7.04. The Morgan fingerprint density at radius 2 is 1.45 bits per heavy atom. The quantitative estimate of drug-likeness (QED) is 0.851. The SMILES string of the molecule is O=C(NC12CCC(CC1)CC2=O)C12CC3CC(CC(C3)C1)C2. The minimum atomic E-state index is -0.477. The first-order valence-corrected chi connectivity index (χ1v) is 9.43. The second kappa shape index (κ2) is 4.36. The minimum absolute atomic E-state index is 0.113. The minimum Gasteiger partial charge on any atom is -0.343 e. The molecule has 0 heterocycles. The van der Waals surface area contributed by atoms with Crippen LogP contribution in [0.4, 0.5) is 0 Å². The average molecular weight is 301 g/mol. The lowest BCUT2D eigenvalue weighted by Crippen LogP contribution is -2.64. The van der Waals surface area contributed by atoms with Gasteiger partial charge in [0.05, 0.1) is 5.54 Å². The Bertz CT molecular complexity index is 494. The number of carbonyl (C=O) groups is 2. The second-order valence-corrected chi connectivity index (χ2v) is 9.30. The van der Waals surface area contributed by atoms with E-state index in [2.05, 4.69) is 5.32 Å². The third-order valence-corrected chi connectivity index (χ3v) is 7.84. The summed E-state index contributed by atoms with van der Waals surface area (Å²) in [4.78, 5) is 25.8. The Morgan fingerprint density at radius 1 is 0.909 bits per heavy atom. The summed E-state index contributed by atoms with van der Waals surface area (Å²) in [5.41, 5.74) is -0.590. The lowest BCUT2D eigenvalue weighted by molar-refractivity contribution is -0.153. The van der Waals surface area contributed by atoms with E-state index in [4.69, 9.17) is 0 Å². The monoisotopic (exact) mass is 301 g/mol. The molecule has 0 aliphatic heterocycles. The highest BCUT2D eigenvalue weighted by Gasteiger charge is 2.57. The summed E-state index contributed by atoms with van der Waals surface area (Å²) in [6, 6.07) is 0. The summed E-state index contributed by atoms with van der Waals surface area (Å²) in [6.07, 6.45) is 12.1. The average Bonchev–Trinajstić information content (AvgIpc) is 2.47. The van der Waals surface area contributed by atoms with Crippen molar-refractivity contribution in [2.45, 2.75) is 76.2 Å². The van der Waals surface area contributed by atoms with Crippen molar-refractivity contribution in [1.29, 1.82) is 0 Å². The van der Waals surface area contributed by atoms with Crippen LogP contribution in [-0.4, -0.2) is 17.2 Å². The van der Waals surface area contributed by atoms with Crippen molar-refractivity contribution in [3.05, 3.63) is 0 Å². The van der Waals surface area contributed by atoms with Crippen molar-refractivity contribution < 1.29 is 9.59 Å². The highest BCUT2D eigenvalue weighted by Crippen LogP contribution is 2.60. The normalized spacial score (nSPS) is 52.1. The molecule has 3 nitrogen and oxygen atoms in total. The van der Waals surface area contributed by atoms with Gasteiger partial charge in [0, 0.05) is 11.8 Å². The van der Waals surface area contributed by atoms with E-state index in [9.17, 15) is 9.59 Å². The Labute approximate surface area is 132 Å². The van der Waals surface area contributed by atoms with Gasteiger partial charge in [-0.25, -0.2) is 0 Å². The van der Waals surface area contributed by atoms with Crippen molar-refractivity contribution in [3.8, 4) is 0 Å². The lowest BCUT2D eigenvalue weighted by Gasteiger charge is -2.57. The van der Waals surface area contributed by atoms with Crippen LogP contribution in [0.25, 0.3) is 0 Å². The van der Waals surface area contributed by atoms with Gasteiger partial charge in [-0.1, -0.05) is 0 Å². The van der Waals surface area contributed by atoms with E-state index in [1.807, 2.05) is 0 Å². The molecule has 120 valence electrons. The number of hydrogen-bond donors (Lipinski definition) is 1. The Morgan fingerprint density at radius 3 is 1.95 bits per heavy atom. The molecule has 0 spiro atoms. The van der Waals surface area contributed by atoms with Gasteiger partial charge in [0.15, 0.2) is 5.78 Å². The predicted octanol–water partition coefficient (Wildman–Crippen LogP) is 3.22. The zero-order valence-corrected chi connectivity index (χ0v) is 13.4. The number of hydrogen-bond acceptors (Lipinski definition) is 2. The summed E-state index contributed by atoms with van der Waals surface area (Å²) in [5, 5.41) is 3.34. The van der Waals surface area contributed by atoms with Crippen LogP contribution in [0.3, 0.4) is 0 Å². The molecule has 0 saturated heterocycles. The molecule has 7 aliphatic carbocycles. The van der Waals surface area contributed by atoms with Crippen LogP contribution in [0.2, 0.25) is 0 Å². The van der Waals surface area contributed by atoms with Gasteiger partial charge in [-0.15, -0.1) is 0 Å². The Balaban J connectivity index is 1.39. The third-order valence-electron chi connectivity index (χ3n) is 7.84. The van der Waals surface area contributed by atoms with Gasteiger partial charge in [0.25, 0.3) is 0 Å². The van der Waals surface area contributed by atoms with E-state index in [0.717, 1.165) is 62.7 Å². The molecule has 7 saturated carbocycles. The molecule has 7 rings (SSSR count). The number of ketones is 1. The number of Topliss-reactive ketones (excluding diaryl/α,β-unsaturated/α-hetero) is 1. The van der Waals surface area contributed by atoms with Gasteiger partial charge in [0.2, 0.25) is 5.91 Å². The Hall–Kier alpha value is -0.860. The van der Waals surface area contributed by atoms with Crippen molar-refractivity contribution in [1.82, 2.24) is 5.32 Å². The number of rotatable bonds is 2. The molecular formula is C19H27NO2. The van der Waals surface area contributed by atoms with E-state index in [1.54, 1.807) is 0 Å². The zero-order valence-electron chi connectivity index (χ0n) is 13.4. The van der Waals surface area contributed by atoms with Crippen molar-refractivity contribution in [2.75, 3.05) is 0 Å². The van der Waals surface area contributed by atoms with Gasteiger partial charge in [-0.3, -0.25) is 9.59 Å². The summed E-state index contributed by atoms with van der Waals surface area (Å²) < 4.78 is 0. The van der Waals surface area contributed by atoms with Gasteiger partial charge in [0.1, 0.15) is 0 Å². The molecule has 1 amide bonds. The van der Waals surface area contributed by atoms with Crippen LogP contribution in [0.1, 0.15) is 70.6 Å². The van der Waals surface area contributed by atoms with Crippen molar-refractivity contribution >= 4 is 11.7 Å². The van der Waals surface area contributed by atoms with E-state index >= 15 is 0 Å². The number of amides is 1. The number of carbonyl (C=O) groups excluding carboxylic acids is 2. The molecule has 0 aromatic rings. The molecule has 3 heteroatoms. The van der Waals surface area contributed by atoms with Gasteiger partial charge >= 0.3 is 0 Å². The maximum absolute atomic E-state index is 13.2. The summed E-state index contributed by atoms with van der Waals surface area (Å²) >= 11 is 0. The maximum Gasteiger partial charge on any atom is 0.227 e. The first-order chi connectivity index (χ1) is 10.6. The third kappa shape index (κ3) is 1.80. The number of nitrogens with one attached hydrogen (secondary N) is 1. The molecule has 22 heavy (non-hydrogen) atoms. The lowest BCUT2D eigenvalue weighted by atomic mass is 9.49. The van der Waals surface area contributed by atoms with Crippen LogP contribution in [-0.2, 0) is 9.59 Å². The van der Waals surface area contributed by atoms with Crippen LogP contribution in [0, 0.1) is 29.1 Å². The van der Waals surface area contributed by atoms with Crippen molar-refractivity contribution in [3.63, 3.8) is 0 Å². The van der Waals surface area contributed by atoms with E-state index in [0.29, 0.717) is 18.1 Å². The smallest absolute Gasteiger partial charge is 0.227 e. The van der Waals surface area contributed by atoms with E-state index in [1.165, 1.54) is 19.3 Å². The fraction of sp³-hybridized carbons (Fsp3) is 0.895. The molecule has 0 unspecified atom stereocenters. The van der Waals surface area contributed by atoms with E-state index < -0.39 is 5.54 Å².